The Kier molecular flexibility index (Phi) is 5.96. The normalized spacial score (nSPS) is 11.4. The fourth-order valence-corrected chi connectivity index (χ4v) is 2.14. The predicted molar refractivity (Wildman–Crippen MR) is 89.1 cm³/mol. The van der Waals surface area contributed by atoms with Gasteiger partial charge in [0.25, 0.3) is 0 Å². The van der Waals surface area contributed by atoms with Gasteiger partial charge in [-0.1, -0.05) is 29.8 Å². The van der Waals surface area contributed by atoms with Crippen molar-refractivity contribution in [3.63, 3.8) is 0 Å². The summed E-state index contributed by atoms with van der Waals surface area (Å²) < 4.78 is 0.951. The molecule has 5 heteroatoms. The molecule has 1 rings (SSSR count). The van der Waals surface area contributed by atoms with Crippen LogP contribution in [0.2, 0.25) is 0 Å². The highest BCUT2D eigenvalue weighted by molar-refractivity contribution is 9.10. The highest BCUT2D eigenvalue weighted by atomic mass is 79.9. The van der Waals surface area contributed by atoms with Gasteiger partial charge in [-0.2, -0.15) is 0 Å². The van der Waals surface area contributed by atoms with Crippen molar-refractivity contribution in [1.29, 1.82) is 0 Å². The van der Waals surface area contributed by atoms with E-state index < -0.39 is 5.41 Å². The van der Waals surface area contributed by atoms with E-state index >= 15 is 0 Å². The second-order valence-corrected chi connectivity index (χ2v) is 7.06. The zero-order valence-electron chi connectivity index (χ0n) is 13.2. The molecule has 4 nitrogen and oxygen atoms in total. The summed E-state index contributed by atoms with van der Waals surface area (Å²) in [5.41, 5.74) is 0.540. The van der Waals surface area contributed by atoms with E-state index in [1.807, 2.05) is 39.0 Å². The summed E-state index contributed by atoms with van der Waals surface area (Å²) in [4.78, 5) is 24.5. The zero-order chi connectivity index (χ0) is 16.2. The standard InChI is InChI=1S/C16H23BrN2O2/c1-10(2)9-18-14(20)16(4,5)15(21)19-13-7-6-12(17)8-11(13)3/h6-8,10H,9H2,1-5H3,(H,18,20)(H,19,21). The van der Waals surface area contributed by atoms with Crippen LogP contribution in [0.4, 0.5) is 5.69 Å². The third-order valence-electron chi connectivity index (χ3n) is 3.24. The number of rotatable bonds is 5. The lowest BCUT2D eigenvalue weighted by Crippen LogP contribution is -2.46. The number of aryl methyl sites for hydroxylation is 1. The Morgan fingerprint density at radius 3 is 2.38 bits per heavy atom. The molecule has 0 aliphatic carbocycles. The summed E-state index contributed by atoms with van der Waals surface area (Å²) in [5.74, 6) is -0.223. The SMILES string of the molecule is Cc1cc(Br)ccc1NC(=O)C(C)(C)C(=O)NCC(C)C. The van der Waals surface area contributed by atoms with Gasteiger partial charge in [-0.25, -0.2) is 0 Å². The highest BCUT2D eigenvalue weighted by Crippen LogP contribution is 2.23. The molecule has 0 fully saturated rings. The number of carbonyl (C=O) groups is 2. The Hall–Kier alpha value is -1.36. The first-order chi connectivity index (χ1) is 9.64. The van der Waals surface area contributed by atoms with Gasteiger partial charge >= 0.3 is 0 Å². The third kappa shape index (κ3) is 4.84. The Labute approximate surface area is 134 Å². The minimum Gasteiger partial charge on any atom is -0.355 e. The molecule has 0 spiro atoms. The number of hydrogen-bond donors (Lipinski definition) is 2. The monoisotopic (exact) mass is 354 g/mol. The van der Waals surface area contributed by atoms with Crippen LogP contribution < -0.4 is 10.6 Å². The molecule has 1 aromatic carbocycles. The van der Waals surface area contributed by atoms with E-state index in [9.17, 15) is 9.59 Å². The largest absolute Gasteiger partial charge is 0.355 e. The molecule has 116 valence electrons. The zero-order valence-corrected chi connectivity index (χ0v) is 14.8. The van der Waals surface area contributed by atoms with E-state index in [-0.39, 0.29) is 11.8 Å². The van der Waals surface area contributed by atoms with Gasteiger partial charge in [0.05, 0.1) is 0 Å². The Morgan fingerprint density at radius 2 is 1.86 bits per heavy atom. The van der Waals surface area contributed by atoms with Gasteiger partial charge in [0, 0.05) is 16.7 Å². The van der Waals surface area contributed by atoms with Gasteiger partial charge < -0.3 is 10.6 Å². The molecule has 2 amide bonds. The topological polar surface area (TPSA) is 58.2 Å². The maximum absolute atomic E-state index is 12.4. The van der Waals surface area contributed by atoms with Gasteiger partial charge in [0.15, 0.2) is 0 Å². The molecule has 0 unspecified atom stereocenters. The maximum atomic E-state index is 12.4. The highest BCUT2D eigenvalue weighted by Gasteiger charge is 2.36. The molecular formula is C16H23BrN2O2. The quantitative estimate of drug-likeness (QED) is 0.795. The van der Waals surface area contributed by atoms with E-state index in [0.29, 0.717) is 18.2 Å². The number of carbonyl (C=O) groups excluding carboxylic acids is 2. The van der Waals surface area contributed by atoms with Crippen molar-refractivity contribution < 1.29 is 9.59 Å². The predicted octanol–water partition coefficient (Wildman–Crippen LogP) is 3.49. The van der Waals surface area contributed by atoms with E-state index in [4.69, 9.17) is 0 Å². The molecule has 1 aromatic rings. The number of amides is 2. The Balaban J connectivity index is 2.79. The summed E-state index contributed by atoms with van der Waals surface area (Å²) in [7, 11) is 0. The smallest absolute Gasteiger partial charge is 0.239 e. The Bertz CT molecular complexity index is 539. The molecule has 0 heterocycles. The molecule has 2 N–H and O–H groups in total. The van der Waals surface area contributed by atoms with Crippen LogP contribution in [-0.2, 0) is 9.59 Å². The summed E-state index contributed by atoms with van der Waals surface area (Å²) in [6, 6.07) is 5.59. The summed E-state index contributed by atoms with van der Waals surface area (Å²) in [6.45, 7) is 9.76. The van der Waals surface area contributed by atoms with E-state index in [0.717, 1.165) is 10.0 Å². The lowest BCUT2D eigenvalue weighted by Gasteiger charge is -2.23. The van der Waals surface area contributed by atoms with Crippen LogP contribution in [0.3, 0.4) is 0 Å². The summed E-state index contributed by atoms with van der Waals surface area (Å²) in [6.07, 6.45) is 0. The van der Waals surface area contributed by atoms with Crippen LogP contribution in [0.15, 0.2) is 22.7 Å². The lowest BCUT2D eigenvalue weighted by atomic mass is 9.90. The summed E-state index contributed by atoms with van der Waals surface area (Å²) >= 11 is 3.38. The molecule has 0 radical (unpaired) electrons. The molecule has 0 aromatic heterocycles. The van der Waals surface area contributed by atoms with Gasteiger partial charge in [-0.05, 0) is 50.5 Å². The van der Waals surface area contributed by atoms with Crippen LogP contribution >= 0.6 is 15.9 Å². The summed E-state index contributed by atoms with van der Waals surface area (Å²) in [5, 5.41) is 5.63. The lowest BCUT2D eigenvalue weighted by molar-refractivity contribution is -0.138. The number of hydrogen-bond acceptors (Lipinski definition) is 2. The van der Waals surface area contributed by atoms with Crippen molar-refractivity contribution in [3.8, 4) is 0 Å². The molecule has 0 aliphatic rings. The molecule has 0 saturated heterocycles. The number of anilines is 1. The van der Waals surface area contributed by atoms with Crippen molar-refractivity contribution >= 4 is 33.4 Å². The van der Waals surface area contributed by atoms with Crippen molar-refractivity contribution in [2.75, 3.05) is 11.9 Å². The van der Waals surface area contributed by atoms with Crippen LogP contribution in [0.25, 0.3) is 0 Å². The second kappa shape index (κ2) is 7.07. The molecule has 21 heavy (non-hydrogen) atoms. The number of benzene rings is 1. The van der Waals surface area contributed by atoms with Crippen molar-refractivity contribution in [3.05, 3.63) is 28.2 Å². The number of nitrogens with one attached hydrogen (secondary N) is 2. The van der Waals surface area contributed by atoms with Gasteiger partial charge in [0.1, 0.15) is 5.41 Å². The van der Waals surface area contributed by atoms with Gasteiger partial charge in [-0.15, -0.1) is 0 Å². The molecular weight excluding hydrogens is 332 g/mol. The van der Waals surface area contributed by atoms with Crippen molar-refractivity contribution in [2.24, 2.45) is 11.3 Å². The van der Waals surface area contributed by atoms with E-state index in [2.05, 4.69) is 26.6 Å². The van der Waals surface area contributed by atoms with Gasteiger partial charge in [-0.3, -0.25) is 9.59 Å². The molecule has 0 bridgehead atoms. The number of halogens is 1. The van der Waals surface area contributed by atoms with Crippen LogP contribution in [0.1, 0.15) is 33.3 Å². The first-order valence-corrected chi connectivity index (χ1v) is 7.79. The molecule has 0 saturated carbocycles. The van der Waals surface area contributed by atoms with Crippen molar-refractivity contribution in [2.45, 2.75) is 34.6 Å². The maximum Gasteiger partial charge on any atom is 0.239 e. The van der Waals surface area contributed by atoms with Crippen LogP contribution in [0.5, 0.6) is 0 Å². The third-order valence-corrected chi connectivity index (χ3v) is 3.74. The fraction of sp³-hybridized carbons (Fsp3) is 0.500. The average Bonchev–Trinajstić information content (AvgIpc) is 2.38. The van der Waals surface area contributed by atoms with Gasteiger partial charge in [0.2, 0.25) is 11.8 Å². The molecule has 0 aliphatic heterocycles. The van der Waals surface area contributed by atoms with Crippen LogP contribution in [-0.4, -0.2) is 18.4 Å². The average molecular weight is 355 g/mol. The van der Waals surface area contributed by atoms with Crippen LogP contribution in [0, 0.1) is 18.3 Å². The van der Waals surface area contributed by atoms with E-state index in [1.54, 1.807) is 13.8 Å². The van der Waals surface area contributed by atoms with E-state index in [1.165, 1.54) is 0 Å². The van der Waals surface area contributed by atoms with Crippen molar-refractivity contribution in [1.82, 2.24) is 5.32 Å². The fourth-order valence-electron chi connectivity index (χ4n) is 1.67. The minimum atomic E-state index is -1.12. The first kappa shape index (κ1) is 17.7. The first-order valence-electron chi connectivity index (χ1n) is 7.00. The molecule has 0 atom stereocenters. The minimum absolute atomic E-state index is 0.261. The Morgan fingerprint density at radius 1 is 1.24 bits per heavy atom. The second-order valence-electron chi connectivity index (χ2n) is 6.14.